The van der Waals surface area contributed by atoms with Crippen molar-refractivity contribution in [3.63, 3.8) is 0 Å². The number of hydrogen-bond donors (Lipinski definition) is 2. The van der Waals surface area contributed by atoms with Crippen LogP contribution in [0.15, 0.2) is 29.6 Å². The van der Waals surface area contributed by atoms with Crippen molar-refractivity contribution < 1.29 is 16.8 Å². The van der Waals surface area contributed by atoms with E-state index in [-0.39, 0.29) is 5.13 Å². The number of thiazole rings is 1. The van der Waals surface area contributed by atoms with Crippen molar-refractivity contribution in [2.75, 3.05) is 21.8 Å². The highest BCUT2D eigenvalue weighted by Crippen LogP contribution is 2.26. The van der Waals surface area contributed by atoms with Gasteiger partial charge < -0.3 is 5.73 Å². The summed E-state index contributed by atoms with van der Waals surface area (Å²) in [5, 5.41) is 0.788. The average molecular weight is 347 g/mol. The molecule has 1 aromatic heterocycles. The zero-order valence-corrected chi connectivity index (χ0v) is 13.4. The molecule has 0 fully saturated rings. The number of anilines is 2. The van der Waals surface area contributed by atoms with Gasteiger partial charge in [0.2, 0.25) is 10.0 Å². The third-order valence-electron chi connectivity index (χ3n) is 2.30. The van der Waals surface area contributed by atoms with Crippen LogP contribution in [0.25, 0.3) is 11.3 Å². The number of sulfone groups is 1. The van der Waals surface area contributed by atoms with Crippen molar-refractivity contribution in [1.29, 1.82) is 0 Å². The Labute approximate surface area is 126 Å². The lowest BCUT2D eigenvalue weighted by molar-refractivity contribution is 0.595. The summed E-state index contributed by atoms with van der Waals surface area (Å²) < 4.78 is 47.6. The summed E-state index contributed by atoms with van der Waals surface area (Å²) in [6, 6.07) is 6.99. The lowest BCUT2D eigenvalue weighted by Gasteiger charge is -2.03. The smallest absolute Gasteiger partial charge is 0.248 e. The lowest BCUT2D eigenvalue weighted by atomic mass is 10.1. The van der Waals surface area contributed by atoms with Crippen LogP contribution in [0.3, 0.4) is 0 Å². The van der Waals surface area contributed by atoms with Crippen LogP contribution in [0.1, 0.15) is 0 Å². The van der Waals surface area contributed by atoms with E-state index in [2.05, 4.69) is 9.71 Å². The number of sulfonamides is 1. The fourth-order valence-corrected chi connectivity index (χ4v) is 5.53. The van der Waals surface area contributed by atoms with Crippen LogP contribution in [-0.2, 0) is 19.9 Å². The Bertz CT molecular complexity index is 856. The van der Waals surface area contributed by atoms with E-state index >= 15 is 0 Å². The summed E-state index contributed by atoms with van der Waals surface area (Å²) in [6.07, 6.45) is 0.853. The molecule has 0 radical (unpaired) electrons. The Morgan fingerprint density at radius 3 is 2.62 bits per heavy atom. The van der Waals surface area contributed by atoms with E-state index in [0.717, 1.165) is 23.2 Å². The van der Waals surface area contributed by atoms with Gasteiger partial charge in [0.25, 0.3) is 0 Å². The Kier molecular flexibility index (Phi) is 4.21. The first-order valence-electron chi connectivity index (χ1n) is 5.64. The molecule has 114 valence electrons. The van der Waals surface area contributed by atoms with Crippen molar-refractivity contribution >= 4 is 42.0 Å². The maximum Gasteiger partial charge on any atom is 0.248 e. The number of hydrogen-bond acceptors (Lipinski definition) is 7. The first-order valence-corrected chi connectivity index (χ1v) is 10.2. The average Bonchev–Trinajstić information content (AvgIpc) is 2.73. The second-order valence-corrected chi connectivity index (χ2v) is 9.51. The molecular weight excluding hydrogens is 334 g/mol. The molecule has 1 aromatic carbocycles. The van der Waals surface area contributed by atoms with E-state index in [4.69, 9.17) is 5.73 Å². The van der Waals surface area contributed by atoms with Gasteiger partial charge in [-0.2, -0.15) is 0 Å². The molecule has 0 unspecified atom stereocenters. The molecule has 0 atom stereocenters. The molecule has 21 heavy (non-hydrogen) atoms. The molecule has 7 nitrogen and oxygen atoms in total. The van der Waals surface area contributed by atoms with Crippen LogP contribution in [0.5, 0.6) is 0 Å². The van der Waals surface area contributed by atoms with Crippen LogP contribution in [0.2, 0.25) is 0 Å². The molecule has 0 bridgehead atoms. The minimum Gasteiger partial charge on any atom is -0.399 e. The molecule has 0 saturated heterocycles. The SMILES string of the molecule is CS(=O)(=O)CS(=O)(=O)Nc1nc(-c2cccc(N)c2)cs1. The van der Waals surface area contributed by atoms with E-state index < -0.39 is 24.9 Å². The number of nitrogens with one attached hydrogen (secondary N) is 1. The predicted molar refractivity (Wildman–Crippen MR) is 84.2 cm³/mol. The number of rotatable bonds is 5. The fraction of sp³-hybridized carbons (Fsp3) is 0.182. The third-order valence-corrected chi connectivity index (χ3v) is 6.64. The maximum atomic E-state index is 11.7. The Balaban J connectivity index is 2.21. The Hall–Kier alpha value is -1.65. The van der Waals surface area contributed by atoms with Gasteiger partial charge in [0.1, 0.15) is 0 Å². The highest BCUT2D eigenvalue weighted by atomic mass is 32.3. The van der Waals surface area contributed by atoms with E-state index in [9.17, 15) is 16.8 Å². The molecule has 2 rings (SSSR count). The third kappa shape index (κ3) is 4.69. The van der Waals surface area contributed by atoms with Gasteiger partial charge >= 0.3 is 0 Å². The lowest BCUT2D eigenvalue weighted by Crippen LogP contribution is -2.22. The highest BCUT2D eigenvalue weighted by molar-refractivity contribution is 8.08. The fourth-order valence-electron chi connectivity index (χ4n) is 1.60. The normalized spacial score (nSPS) is 12.2. The van der Waals surface area contributed by atoms with Gasteiger partial charge in [0.05, 0.1) is 5.69 Å². The zero-order valence-electron chi connectivity index (χ0n) is 11.0. The summed E-state index contributed by atoms with van der Waals surface area (Å²) >= 11 is 1.07. The van der Waals surface area contributed by atoms with E-state index in [1.54, 1.807) is 29.6 Å². The van der Waals surface area contributed by atoms with Gasteiger partial charge in [-0.25, -0.2) is 21.8 Å². The van der Waals surface area contributed by atoms with Crippen molar-refractivity contribution in [2.24, 2.45) is 0 Å². The summed E-state index contributed by atoms with van der Waals surface area (Å²) in [6.45, 7) is 0. The summed E-state index contributed by atoms with van der Waals surface area (Å²) in [4.78, 5) is 4.11. The Morgan fingerprint density at radius 2 is 2.00 bits per heavy atom. The number of nitrogen functional groups attached to an aromatic ring is 1. The van der Waals surface area contributed by atoms with Crippen molar-refractivity contribution in [2.45, 2.75) is 0 Å². The largest absolute Gasteiger partial charge is 0.399 e. The highest BCUT2D eigenvalue weighted by Gasteiger charge is 2.19. The first kappa shape index (κ1) is 15.7. The molecular formula is C11H13N3O4S3. The molecule has 2 aromatic rings. The predicted octanol–water partition coefficient (Wildman–Crippen LogP) is 1.14. The summed E-state index contributed by atoms with van der Waals surface area (Å²) in [7, 11) is -7.63. The molecule has 0 amide bonds. The van der Waals surface area contributed by atoms with Gasteiger partial charge in [0.15, 0.2) is 20.1 Å². The van der Waals surface area contributed by atoms with Crippen LogP contribution >= 0.6 is 11.3 Å². The van der Waals surface area contributed by atoms with Crippen molar-refractivity contribution in [3.8, 4) is 11.3 Å². The van der Waals surface area contributed by atoms with Crippen LogP contribution < -0.4 is 10.5 Å². The van der Waals surface area contributed by atoms with Gasteiger partial charge in [-0.3, -0.25) is 4.72 Å². The van der Waals surface area contributed by atoms with Crippen molar-refractivity contribution in [3.05, 3.63) is 29.6 Å². The first-order chi connectivity index (χ1) is 9.65. The standard InChI is InChI=1S/C11H13N3O4S3/c1-20(15,16)7-21(17,18)14-11-13-10(6-19-11)8-3-2-4-9(12)5-8/h2-6H,7,12H2,1H3,(H,13,14). The maximum absolute atomic E-state index is 11.7. The minimum absolute atomic E-state index is 0.107. The second-order valence-electron chi connectivity index (χ2n) is 4.42. The monoisotopic (exact) mass is 347 g/mol. The van der Waals surface area contributed by atoms with Crippen LogP contribution in [-0.4, -0.2) is 33.2 Å². The molecule has 0 aliphatic carbocycles. The summed E-state index contributed by atoms with van der Waals surface area (Å²) in [5.74, 6) is 0. The topological polar surface area (TPSA) is 119 Å². The van der Waals surface area contributed by atoms with Crippen LogP contribution in [0, 0.1) is 0 Å². The van der Waals surface area contributed by atoms with E-state index in [0.29, 0.717) is 11.4 Å². The molecule has 0 aliphatic rings. The van der Waals surface area contributed by atoms with Gasteiger partial charge in [-0.05, 0) is 12.1 Å². The van der Waals surface area contributed by atoms with Gasteiger partial charge in [0, 0.05) is 22.9 Å². The minimum atomic E-state index is -3.98. The van der Waals surface area contributed by atoms with Gasteiger partial charge in [-0.15, -0.1) is 11.3 Å². The molecule has 10 heteroatoms. The zero-order chi connectivity index (χ0) is 15.7. The van der Waals surface area contributed by atoms with Crippen LogP contribution in [0.4, 0.5) is 10.8 Å². The number of aromatic nitrogens is 1. The van der Waals surface area contributed by atoms with E-state index in [1.165, 1.54) is 0 Å². The molecule has 0 spiro atoms. The second kappa shape index (κ2) is 5.62. The molecule has 0 aliphatic heterocycles. The Morgan fingerprint density at radius 1 is 1.29 bits per heavy atom. The number of nitrogens with two attached hydrogens (primary N) is 1. The molecule has 0 saturated carbocycles. The van der Waals surface area contributed by atoms with Crippen molar-refractivity contribution in [1.82, 2.24) is 4.98 Å². The van der Waals surface area contributed by atoms with Gasteiger partial charge in [-0.1, -0.05) is 12.1 Å². The van der Waals surface area contributed by atoms with E-state index in [1.807, 2.05) is 0 Å². The number of nitrogens with zero attached hydrogens (tertiary/aromatic N) is 1. The molecule has 1 heterocycles. The summed E-state index contributed by atoms with van der Waals surface area (Å²) in [5.41, 5.74) is 7.55. The molecule has 3 N–H and O–H groups in total. The quantitative estimate of drug-likeness (QED) is 0.783. The number of benzene rings is 1.